The number of nitrogens with two attached hydrogens (primary N) is 1. The molecule has 3 nitrogen and oxygen atoms in total. The smallest absolute Gasteiger partial charge is 0.127 e. The minimum atomic E-state index is -0.311. The van der Waals surface area contributed by atoms with Crippen molar-refractivity contribution in [1.82, 2.24) is 9.59 Å². The van der Waals surface area contributed by atoms with Gasteiger partial charge in [-0.1, -0.05) is 26.5 Å². The van der Waals surface area contributed by atoms with Gasteiger partial charge in [0.15, 0.2) is 0 Å². The minimum Gasteiger partial charge on any atom is -0.322 e. The molecule has 0 saturated carbocycles. The summed E-state index contributed by atoms with van der Waals surface area (Å²) in [7, 11) is 0. The van der Waals surface area contributed by atoms with E-state index in [1.807, 2.05) is 0 Å². The molecule has 0 amide bonds. The van der Waals surface area contributed by atoms with E-state index >= 15 is 0 Å². The molecule has 1 unspecified atom stereocenters. The molecule has 1 aromatic heterocycles. The zero-order valence-corrected chi connectivity index (χ0v) is 10.6. The van der Waals surface area contributed by atoms with Crippen molar-refractivity contribution in [3.63, 3.8) is 0 Å². The Kier molecular flexibility index (Phi) is 3.63. The number of rotatable bonds is 3. The second-order valence-electron chi connectivity index (χ2n) is 3.38. The molecule has 2 N–H and O–H groups in total. The fourth-order valence-electron chi connectivity index (χ4n) is 1.36. The van der Waals surface area contributed by atoms with Crippen molar-refractivity contribution in [2.45, 2.75) is 12.5 Å². The highest BCUT2D eigenvalue weighted by Gasteiger charge is 2.12. The summed E-state index contributed by atoms with van der Waals surface area (Å²) in [6.07, 6.45) is 0.421. The van der Waals surface area contributed by atoms with Gasteiger partial charge >= 0.3 is 0 Å². The summed E-state index contributed by atoms with van der Waals surface area (Å²) < 4.78 is 18.0. The molecule has 0 saturated heterocycles. The number of nitrogens with zero attached hydrogens (tertiary/aromatic N) is 2. The van der Waals surface area contributed by atoms with Gasteiger partial charge in [-0.05, 0) is 35.6 Å². The molecule has 0 aliphatic carbocycles. The van der Waals surface area contributed by atoms with E-state index in [4.69, 9.17) is 5.73 Å². The van der Waals surface area contributed by atoms with E-state index in [2.05, 4.69) is 25.5 Å². The van der Waals surface area contributed by atoms with Gasteiger partial charge in [-0.3, -0.25) is 0 Å². The van der Waals surface area contributed by atoms with Gasteiger partial charge in [0.1, 0.15) is 5.82 Å². The molecule has 1 aromatic carbocycles. The summed E-state index contributed by atoms with van der Waals surface area (Å²) in [5.41, 5.74) is 7.19. The Balaban J connectivity index is 2.15. The van der Waals surface area contributed by atoms with Crippen LogP contribution in [0, 0.1) is 5.82 Å². The van der Waals surface area contributed by atoms with E-state index in [0.717, 1.165) is 4.47 Å². The third-order valence-electron chi connectivity index (χ3n) is 2.21. The van der Waals surface area contributed by atoms with Gasteiger partial charge < -0.3 is 5.73 Å². The Bertz CT molecular complexity index is 475. The lowest BCUT2D eigenvalue weighted by molar-refractivity contribution is 0.588. The number of halogens is 2. The largest absolute Gasteiger partial charge is 0.322 e. The van der Waals surface area contributed by atoms with Crippen molar-refractivity contribution >= 4 is 27.5 Å². The fraction of sp³-hybridized carbons (Fsp3) is 0.200. The predicted octanol–water partition coefficient (Wildman–Crippen LogP) is 2.68. The Labute approximate surface area is 105 Å². The van der Waals surface area contributed by atoms with Crippen molar-refractivity contribution in [3.05, 3.63) is 45.1 Å². The quantitative estimate of drug-likeness (QED) is 0.948. The maximum Gasteiger partial charge on any atom is 0.127 e. The molecule has 1 heterocycles. The number of hydrogen-bond donors (Lipinski definition) is 1. The lowest BCUT2D eigenvalue weighted by Crippen LogP contribution is -2.14. The number of hydrogen-bond acceptors (Lipinski definition) is 4. The van der Waals surface area contributed by atoms with Crippen LogP contribution in [0.1, 0.15) is 17.3 Å². The van der Waals surface area contributed by atoms with Gasteiger partial charge in [0.05, 0.1) is 11.7 Å². The predicted molar refractivity (Wildman–Crippen MR) is 64.6 cm³/mol. The molecule has 0 fully saturated rings. The van der Waals surface area contributed by atoms with Crippen molar-refractivity contribution in [3.8, 4) is 0 Å². The number of benzene rings is 1. The highest BCUT2D eigenvalue weighted by Crippen LogP contribution is 2.20. The van der Waals surface area contributed by atoms with Crippen molar-refractivity contribution in [1.29, 1.82) is 0 Å². The zero-order valence-electron chi connectivity index (χ0n) is 8.23. The van der Waals surface area contributed by atoms with Gasteiger partial charge in [-0.2, -0.15) is 0 Å². The van der Waals surface area contributed by atoms with Gasteiger partial charge in [0.25, 0.3) is 0 Å². The summed E-state index contributed by atoms with van der Waals surface area (Å²) >= 11 is 4.45. The Morgan fingerprint density at radius 2 is 2.31 bits per heavy atom. The highest BCUT2D eigenvalue weighted by atomic mass is 79.9. The lowest BCUT2D eigenvalue weighted by Gasteiger charge is -2.09. The van der Waals surface area contributed by atoms with E-state index in [-0.39, 0.29) is 11.9 Å². The summed E-state index contributed by atoms with van der Waals surface area (Å²) in [4.78, 5) is 0. The van der Waals surface area contributed by atoms with E-state index < -0.39 is 0 Å². The molecule has 16 heavy (non-hydrogen) atoms. The first kappa shape index (κ1) is 11.6. The first-order chi connectivity index (χ1) is 7.66. The first-order valence-corrected chi connectivity index (χ1v) is 6.26. The average Bonchev–Trinajstić information content (AvgIpc) is 2.75. The topological polar surface area (TPSA) is 51.8 Å². The van der Waals surface area contributed by atoms with Gasteiger partial charge in [0, 0.05) is 9.85 Å². The van der Waals surface area contributed by atoms with Crippen LogP contribution < -0.4 is 5.73 Å². The molecule has 6 heteroatoms. The van der Waals surface area contributed by atoms with Crippen LogP contribution in [-0.2, 0) is 6.42 Å². The second-order valence-corrected chi connectivity index (χ2v) is 4.90. The standard InChI is InChI=1S/C10H9BrFN3S/c11-7-2-1-6(8(12)4-7)3-9(13)10-5-16-15-14-10/h1-2,4-5,9H,3,13H2. The molecule has 0 aliphatic rings. The number of aromatic nitrogens is 2. The Hall–Kier alpha value is -0.850. The summed E-state index contributed by atoms with van der Waals surface area (Å²) in [5.74, 6) is -0.256. The molecule has 1 atom stereocenters. The maximum absolute atomic E-state index is 13.5. The molecule has 2 aromatic rings. The van der Waals surface area contributed by atoms with Crippen LogP contribution in [-0.4, -0.2) is 9.59 Å². The lowest BCUT2D eigenvalue weighted by atomic mass is 10.0. The Morgan fingerprint density at radius 3 is 2.94 bits per heavy atom. The zero-order chi connectivity index (χ0) is 11.5. The van der Waals surface area contributed by atoms with Gasteiger partial charge in [0.2, 0.25) is 0 Å². The third-order valence-corrected chi connectivity index (χ3v) is 3.23. The van der Waals surface area contributed by atoms with E-state index in [1.165, 1.54) is 17.6 Å². The van der Waals surface area contributed by atoms with Crippen LogP contribution in [0.25, 0.3) is 0 Å². The second kappa shape index (κ2) is 4.99. The summed E-state index contributed by atoms with van der Waals surface area (Å²) in [6, 6.07) is 4.64. The molecular weight excluding hydrogens is 293 g/mol. The van der Waals surface area contributed by atoms with Crippen LogP contribution in [0.3, 0.4) is 0 Å². The van der Waals surface area contributed by atoms with Crippen molar-refractivity contribution in [2.24, 2.45) is 5.73 Å². The van der Waals surface area contributed by atoms with Gasteiger partial charge in [-0.15, -0.1) is 5.10 Å². The highest BCUT2D eigenvalue weighted by molar-refractivity contribution is 9.10. The van der Waals surface area contributed by atoms with Crippen LogP contribution in [0.5, 0.6) is 0 Å². The SMILES string of the molecule is NC(Cc1ccc(Br)cc1F)c1csnn1. The molecule has 0 bridgehead atoms. The van der Waals surface area contributed by atoms with Crippen LogP contribution >= 0.6 is 27.5 Å². The summed E-state index contributed by atoms with van der Waals surface area (Å²) in [6.45, 7) is 0. The average molecular weight is 302 g/mol. The Morgan fingerprint density at radius 1 is 1.50 bits per heavy atom. The van der Waals surface area contributed by atoms with Crippen LogP contribution in [0.4, 0.5) is 4.39 Å². The van der Waals surface area contributed by atoms with Crippen LogP contribution in [0.15, 0.2) is 28.1 Å². The van der Waals surface area contributed by atoms with E-state index in [0.29, 0.717) is 17.7 Å². The van der Waals surface area contributed by atoms with Crippen molar-refractivity contribution in [2.75, 3.05) is 0 Å². The van der Waals surface area contributed by atoms with E-state index in [1.54, 1.807) is 17.5 Å². The van der Waals surface area contributed by atoms with Crippen molar-refractivity contribution < 1.29 is 4.39 Å². The monoisotopic (exact) mass is 301 g/mol. The summed E-state index contributed by atoms with van der Waals surface area (Å²) in [5, 5.41) is 5.65. The minimum absolute atomic E-state index is 0.256. The third kappa shape index (κ3) is 2.63. The molecule has 0 radical (unpaired) electrons. The van der Waals surface area contributed by atoms with Gasteiger partial charge in [-0.25, -0.2) is 4.39 Å². The first-order valence-electron chi connectivity index (χ1n) is 4.63. The van der Waals surface area contributed by atoms with E-state index in [9.17, 15) is 4.39 Å². The molecule has 84 valence electrons. The maximum atomic E-state index is 13.5. The van der Waals surface area contributed by atoms with Crippen LogP contribution in [0.2, 0.25) is 0 Å². The fourth-order valence-corrected chi connectivity index (χ4v) is 2.21. The molecule has 0 spiro atoms. The molecule has 2 rings (SSSR count). The molecule has 0 aliphatic heterocycles. The normalized spacial score (nSPS) is 12.7. The molecular formula is C10H9BrFN3S.